The minimum atomic E-state index is -0.503. The van der Waals surface area contributed by atoms with E-state index in [1.807, 2.05) is 12.1 Å². The fourth-order valence-electron chi connectivity index (χ4n) is 2.95. The summed E-state index contributed by atoms with van der Waals surface area (Å²) in [5.74, 6) is -0.294. The fraction of sp³-hybridized carbons (Fsp3) is 0.211. The maximum Gasteiger partial charge on any atom is 0.270 e. The highest BCUT2D eigenvalue weighted by Crippen LogP contribution is 2.19. The summed E-state index contributed by atoms with van der Waals surface area (Å²) >= 11 is 0. The van der Waals surface area contributed by atoms with E-state index in [1.54, 1.807) is 6.07 Å². The normalized spacial score (nSPS) is 10.8. The van der Waals surface area contributed by atoms with Gasteiger partial charge in [0.2, 0.25) is 0 Å². The first-order chi connectivity index (χ1) is 12.1. The summed E-state index contributed by atoms with van der Waals surface area (Å²) in [6, 6.07) is 16.1. The molecule has 2 aromatic carbocycles. The van der Waals surface area contributed by atoms with Gasteiger partial charge in [-0.2, -0.15) is 0 Å². The quantitative estimate of drug-likeness (QED) is 0.423. The van der Waals surface area contributed by atoms with Crippen LogP contribution in [-0.4, -0.2) is 21.9 Å². The number of carbonyl (C=O) groups is 1. The van der Waals surface area contributed by atoms with Gasteiger partial charge in [0.05, 0.1) is 4.92 Å². The average molecular weight is 337 g/mol. The Hall–Kier alpha value is -3.15. The van der Waals surface area contributed by atoms with Gasteiger partial charge in [0.15, 0.2) is 0 Å². The van der Waals surface area contributed by atoms with Crippen LogP contribution in [0.5, 0.6) is 0 Å². The van der Waals surface area contributed by atoms with Gasteiger partial charge in [-0.05, 0) is 36.9 Å². The Balaban J connectivity index is 1.58. The van der Waals surface area contributed by atoms with Crippen molar-refractivity contribution in [3.8, 4) is 0 Å². The summed E-state index contributed by atoms with van der Waals surface area (Å²) in [5, 5.41) is 14.8. The van der Waals surface area contributed by atoms with Gasteiger partial charge < -0.3 is 9.88 Å². The van der Waals surface area contributed by atoms with E-state index in [0.717, 1.165) is 13.0 Å². The molecule has 3 aromatic rings. The van der Waals surface area contributed by atoms with Crippen LogP contribution >= 0.6 is 0 Å². The number of para-hydroxylation sites is 1. The highest BCUT2D eigenvalue weighted by atomic mass is 16.6. The van der Waals surface area contributed by atoms with Crippen LogP contribution in [0.1, 0.15) is 22.5 Å². The third kappa shape index (κ3) is 3.68. The number of hydrogen-bond donors (Lipinski definition) is 1. The first kappa shape index (κ1) is 16.7. The van der Waals surface area contributed by atoms with Crippen LogP contribution in [0.25, 0.3) is 10.9 Å². The summed E-state index contributed by atoms with van der Waals surface area (Å²) < 4.78 is 2.23. The van der Waals surface area contributed by atoms with Crippen molar-refractivity contribution in [3.63, 3.8) is 0 Å². The van der Waals surface area contributed by atoms with E-state index in [2.05, 4.69) is 35.0 Å². The molecule has 128 valence electrons. The maximum absolute atomic E-state index is 12.1. The second-order valence-electron chi connectivity index (χ2n) is 5.91. The highest BCUT2D eigenvalue weighted by Gasteiger charge is 2.11. The van der Waals surface area contributed by atoms with Crippen molar-refractivity contribution < 1.29 is 9.72 Å². The number of hydrogen-bond acceptors (Lipinski definition) is 3. The SMILES string of the molecule is Cc1cc2ccccc2n1CCCNC(=O)c1cccc([N+](=O)[O-])c1. The molecule has 0 aliphatic carbocycles. The van der Waals surface area contributed by atoms with E-state index >= 15 is 0 Å². The van der Waals surface area contributed by atoms with Crippen molar-refractivity contribution in [1.29, 1.82) is 0 Å². The molecule has 1 N–H and O–H groups in total. The number of carbonyl (C=O) groups excluding carboxylic acids is 1. The number of rotatable bonds is 6. The third-order valence-electron chi connectivity index (χ3n) is 4.18. The predicted molar refractivity (Wildman–Crippen MR) is 96.7 cm³/mol. The minimum Gasteiger partial charge on any atom is -0.352 e. The lowest BCUT2D eigenvalue weighted by atomic mass is 10.2. The largest absolute Gasteiger partial charge is 0.352 e. The Morgan fingerprint density at radius 1 is 1.16 bits per heavy atom. The second kappa shape index (κ2) is 7.17. The molecule has 0 bridgehead atoms. The van der Waals surface area contributed by atoms with Gasteiger partial charge in [0, 0.05) is 42.0 Å². The van der Waals surface area contributed by atoms with Crippen LogP contribution in [0.3, 0.4) is 0 Å². The number of nitro groups is 1. The highest BCUT2D eigenvalue weighted by molar-refractivity contribution is 5.94. The molecule has 0 fully saturated rings. The van der Waals surface area contributed by atoms with Crippen LogP contribution in [0.2, 0.25) is 0 Å². The summed E-state index contributed by atoms with van der Waals surface area (Å²) in [4.78, 5) is 22.4. The number of non-ortho nitro benzene ring substituents is 1. The Bertz CT molecular complexity index is 931. The van der Waals surface area contributed by atoms with Crippen molar-refractivity contribution in [2.45, 2.75) is 19.9 Å². The molecule has 1 aromatic heterocycles. The van der Waals surface area contributed by atoms with Crippen LogP contribution in [0.15, 0.2) is 54.6 Å². The van der Waals surface area contributed by atoms with Crippen molar-refractivity contribution >= 4 is 22.5 Å². The Morgan fingerprint density at radius 2 is 1.96 bits per heavy atom. The van der Waals surface area contributed by atoms with Gasteiger partial charge in [-0.3, -0.25) is 14.9 Å². The number of fused-ring (bicyclic) bond motifs is 1. The first-order valence-electron chi connectivity index (χ1n) is 8.14. The molecular formula is C19H19N3O3. The van der Waals surface area contributed by atoms with Crippen LogP contribution < -0.4 is 5.32 Å². The van der Waals surface area contributed by atoms with Crippen molar-refractivity contribution in [2.75, 3.05) is 6.54 Å². The van der Waals surface area contributed by atoms with E-state index in [0.29, 0.717) is 12.1 Å². The Morgan fingerprint density at radius 3 is 2.76 bits per heavy atom. The number of amides is 1. The molecule has 0 aliphatic heterocycles. The fourth-order valence-corrected chi connectivity index (χ4v) is 2.95. The smallest absolute Gasteiger partial charge is 0.270 e. The monoisotopic (exact) mass is 337 g/mol. The Kier molecular flexibility index (Phi) is 4.79. The number of nitro benzene ring substituents is 1. The van der Waals surface area contributed by atoms with Gasteiger partial charge in [0.25, 0.3) is 11.6 Å². The molecule has 0 saturated heterocycles. The molecule has 0 radical (unpaired) electrons. The molecule has 0 aliphatic rings. The molecular weight excluding hydrogens is 318 g/mol. The summed E-state index contributed by atoms with van der Waals surface area (Å²) in [7, 11) is 0. The molecule has 25 heavy (non-hydrogen) atoms. The summed E-state index contributed by atoms with van der Waals surface area (Å²) in [6.45, 7) is 3.38. The van der Waals surface area contributed by atoms with Gasteiger partial charge in [-0.15, -0.1) is 0 Å². The summed E-state index contributed by atoms with van der Waals surface area (Å²) in [6.07, 6.45) is 0.778. The predicted octanol–water partition coefficient (Wildman–Crippen LogP) is 3.68. The molecule has 6 heteroatoms. The van der Waals surface area contributed by atoms with Gasteiger partial charge in [0.1, 0.15) is 0 Å². The van der Waals surface area contributed by atoms with Crippen LogP contribution in [0.4, 0.5) is 5.69 Å². The molecule has 3 rings (SSSR count). The molecule has 0 unspecified atom stereocenters. The summed E-state index contributed by atoms with van der Waals surface area (Å²) in [5.41, 5.74) is 2.59. The van der Waals surface area contributed by atoms with E-state index in [1.165, 1.54) is 34.8 Å². The van der Waals surface area contributed by atoms with Gasteiger partial charge in [-0.1, -0.05) is 24.3 Å². The van der Waals surface area contributed by atoms with Crippen molar-refractivity contribution in [1.82, 2.24) is 9.88 Å². The number of aryl methyl sites for hydroxylation is 2. The van der Waals surface area contributed by atoms with Crippen LogP contribution in [0, 0.1) is 17.0 Å². The molecule has 6 nitrogen and oxygen atoms in total. The number of benzene rings is 2. The van der Waals surface area contributed by atoms with Gasteiger partial charge >= 0.3 is 0 Å². The lowest BCUT2D eigenvalue weighted by molar-refractivity contribution is -0.384. The molecule has 0 saturated carbocycles. The first-order valence-corrected chi connectivity index (χ1v) is 8.14. The maximum atomic E-state index is 12.1. The average Bonchev–Trinajstić information content (AvgIpc) is 2.94. The topological polar surface area (TPSA) is 77.2 Å². The van der Waals surface area contributed by atoms with E-state index < -0.39 is 4.92 Å². The number of aromatic nitrogens is 1. The third-order valence-corrected chi connectivity index (χ3v) is 4.18. The molecule has 1 amide bonds. The molecule has 0 atom stereocenters. The Labute approximate surface area is 145 Å². The van der Waals surface area contributed by atoms with Crippen molar-refractivity contribution in [2.24, 2.45) is 0 Å². The zero-order valence-corrected chi connectivity index (χ0v) is 13.9. The van der Waals surface area contributed by atoms with E-state index in [9.17, 15) is 14.9 Å². The number of nitrogens with one attached hydrogen (secondary N) is 1. The number of nitrogens with zero attached hydrogens (tertiary/aromatic N) is 2. The molecule has 1 heterocycles. The zero-order chi connectivity index (χ0) is 17.8. The van der Waals surface area contributed by atoms with Crippen LogP contribution in [-0.2, 0) is 6.54 Å². The lowest BCUT2D eigenvalue weighted by Crippen LogP contribution is -2.25. The minimum absolute atomic E-state index is 0.0814. The van der Waals surface area contributed by atoms with Gasteiger partial charge in [-0.25, -0.2) is 0 Å². The molecule has 0 spiro atoms. The second-order valence-corrected chi connectivity index (χ2v) is 5.91. The standard InChI is InChI=1S/C19H19N3O3/c1-14-12-15-6-2-3-9-18(15)21(14)11-5-10-20-19(23)16-7-4-8-17(13-16)22(24)25/h2-4,6-9,12-13H,5,10-11H2,1H3,(H,20,23). The zero-order valence-electron chi connectivity index (χ0n) is 13.9. The van der Waals surface area contributed by atoms with Crippen molar-refractivity contribution in [3.05, 3.63) is 76.0 Å². The van der Waals surface area contributed by atoms with E-state index in [-0.39, 0.29) is 11.6 Å². The lowest BCUT2D eigenvalue weighted by Gasteiger charge is -2.09. The van der Waals surface area contributed by atoms with E-state index in [4.69, 9.17) is 0 Å².